The number of nitrogens with zero attached hydrogens (tertiary/aromatic N) is 1. The molecule has 0 aliphatic heterocycles. The van der Waals surface area contributed by atoms with Crippen molar-refractivity contribution >= 4 is 17.3 Å². The summed E-state index contributed by atoms with van der Waals surface area (Å²) in [6.07, 6.45) is 7.27. The summed E-state index contributed by atoms with van der Waals surface area (Å²) < 4.78 is 5.49. The van der Waals surface area contributed by atoms with E-state index in [1.54, 1.807) is 17.5 Å². The van der Waals surface area contributed by atoms with Gasteiger partial charge < -0.3 is 4.74 Å². The highest BCUT2D eigenvalue weighted by atomic mass is 32.1. The molecule has 0 amide bonds. The maximum atomic E-state index is 11.5. The van der Waals surface area contributed by atoms with E-state index in [1.165, 1.54) is 12.8 Å². The molecule has 1 aromatic heterocycles. The fourth-order valence-electron chi connectivity index (χ4n) is 1.63. The Morgan fingerprint density at radius 2 is 2.24 bits per heavy atom. The predicted molar refractivity (Wildman–Crippen MR) is 70.0 cm³/mol. The Bertz CT molecular complexity index is 311. The quantitative estimate of drug-likeness (QED) is 0.518. The predicted octanol–water partition coefficient (Wildman–Crippen LogP) is 4.11. The minimum absolute atomic E-state index is 0.107. The summed E-state index contributed by atoms with van der Waals surface area (Å²) >= 11 is 1.56. The minimum Gasteiger partial charge on any atom is -0.455 e. The van der Waals surface area contributed by atoms with Gasteiger partial charge in [0.15, 0.2) is 6.10 Å². The first-order valence-electron chi connectivity index (χ1n) is 6.36. The van der Waals surface area contributed by atoms with Crippen LogP contribution in [0.15, 0.2) is 11.6 Å². The number of esters is 1. The average molecular weight is 255 g/mol. The lowest BCUT2D eigenvalue weighted by Crippen LogP contribution is -2.11. The molecule has 0 radical (unpaired) electrons. The SMILES string of the molecule is CCCCC[C@@H](OC(=O)CCC)c1nccs1. The number of hydrogen-bond acceptors (Lipinski definition) is 4. The lowest BCUT2D eigenvalue weighted by atomic mass is 10.1. The summed E-state index contributed by atoms with van der Waals surface area (Å²) in [6, 6.07) is 0. The zero-order chi connectivity index (χ0) is 12.5. The van der Waals surface area contributed by atoms with Gasteiger partial charge in [-0.2, -0.15) is 0 Å². The number of carbonyl (C=O) groups excluding carboxylic acids is 1. The van der Waals surface area contributed by atoms with Gasteiger partial charge in [-0.3, -0.25) is 4.79 Å². The topological polar surface area (TPSA) is 39.2 Å². The second-order valence-corrected chi connectivity index (χ2v) is 5.02. The number of ether oxygens (including phenoxy) is 1. The Balaban J connectivity index is 2.50. The number of thiazole rings is 1. The van der Waals surface area contributed by atoms with E-state index in [-0.39, 0.29) is 12.1 Å². The van der Waals surface area contributed by atoms with Crippen LogP contribution >= 0.6 is 11.3 Å². The monoisotopic (exact) mass is 255 g/mol. The van der Waals surface area contributed by atoms with E-state index in [0.29, 0.717) is 6.42 Å². The first kappa shape index (κ1) is 14.2. The van der Waals surface area contributed by atoms with Crippen LogP contribution in [0.1, 0.15) is 63.5 Å². The number of unbranched alkanes of at least 4 members (excludes halogenated alkanes) is 2. The van der Waals surface area contributed by atoms with Gasteiger partial charge >= 0.3 is 5.97 Å². The number of carbonyl (C=O) groups is 1. The Morgan fingerprint density at radius 3 is 2.82 bits per heavy atom. The van der Waals surface area contributed by atoms with Crippen molar-refractivity contribution in [2.75, 3.05) is 0 Å². The second kappa shape index (κ2) is 8.23. The first-order chi connectivity index (χ1) is 8.27. The molecule has 4 heteroatoms. The molecule has 0 bridgehead atoms. The highest BCUT2D eigenvalue weighted by Crippen LogP contribution is 2.26. The number of rotatable bonds is 8. The van der Waals surface area contributed by atoms with Crippen LogP contribution < -0.4 is 0 Å². The van der Waals surface area contributed by atoms with Crippen molar-refractivity contribution in [2.24, 2.45) is 0 Å². The molecular formula is C13H21NO2S. The lowest BCUT2D eigenvalue weighted by Gasteiger charge is -2.15. The van der Waals surface area contributed by atoms with Crippen molar-refractivity contribution in [3.63, 3.8) is 0 Å². The van der Waals surface area contributed by atoms with E-state index >= 15 is 0 Å². The molecule has 1 atom stereocenters. The van der Waals surface area contributed by atoms with Crippen molar-refractivity contribution in [1.29, 1.82) is 0 Å². The molecule has 17 heavy (non-hydrogen) atoms. The highest BCUT2D eigenvalue weighted by molar-refractivity contribution is 7.09. The molecule has 3 nitrogen and oxygen atoms in total. The van der Waals surface area contributed by atoms with Crippen LogP contribution in [0.4, 0.5) is 0 Å². The lowest BCUT2D eigenvalue weighted by molar-refractivity contribution is -0.150. The molecule has 1 rings (SSSR count). The molecular weight excluding hydrogens is 234 g/mol. The van der Waals surface area contributed by atoms with Crippen molar-refractivity contribution < 1.29 is 9.53 Å². The third kappa shape index (κ3) is 5.31. The van der Waals surface area contributed by atoms with E-state index < -0.39 is 0 Å². The maximum absolute atomic E-state index is 11.5. The smallest absolute Gasteiger partial charge is 0.306 e. The third-order valence-electron chi connectivity index (χ3n) is 2.52. The van der Waals surface area contributed by atoms with E-state index in [4.69, 9.17) is 4.74 Å². The highest BCUT2D eigenvalue weighted by Gasteiger charge is 2.18. The molecule has 0 unspecified atom stereocenters. The molecule has 0 aromatic carbocycles. The van der Waals surface area contributed by atoms with Gasteiger partial charge in [-0.1, -0.05) is 26.7 Å². The Hall–Kier alpha value is -0.900. The van der Waals surface area contributed by atoms with E-state index in [0.717, 1.165) is 24.3 Å². The fraction of sp³-hybridized carbons (Fsp3) is 0.692. The molecule has 1 aromatic rings. The van der Waals surface area contributed by atoms with Gasteiger partial charge in [0.2, 0.25) is 0 Å². The number of aromatic nitrogens is 1. The molecule has 1 heterocycles. The van der Waals surface area contributed by atoms with Crippen LogP contribution in [0, 0.1) is 0 Å². The molecule has 0 spiro atoms. The third-order valence-corrected chi connectivity index (χ3v) is 3.39. The Morgan fingerprint density at radius 1 is 1.41 bits per heavy atom. The second-order valence-electron chi connectivity index (χ2n) is 4.09. The molecule has 0 aliphatic carbocycles. The van der Waals surface area contributed by atoms with Gasteiger partial charge in [0, 0.05) is 18.0 Å². The van der Waals surface area contributed by atoms with Gasteiger partial charge in [0.05, 0.1) is 0 Å². The summed E-state index contributed by atoms with van der Waals surface area (Å²) in [6.45, 7) is 4.15. The molecule has 0 aliphatic rings. The van der Waals surface area contributed by atoms with Gasteiger partial charge in [-0.25, -0.2) is 4.98 Å². The standard InChI is InChI=1S/C13H21NO2S/c1-3-5-6-8-11(13-14-9-10-17-13)16-12(15)7-4-2/h9-11H,3-8H2,1-2H3/t11-/m1/s1. The largest absolute Gasteiger partial charge is 0.455 e. The van der Waals surface area contributed by atoms with Crippen LogP contribution in [0.3, 0.4) is 0 Å². The summed E-state index contributed by atoms with van der Waals surface area (Å²) in [7, 11) is 0. The van der Waals surface area contributed by atoms with Crippen LogP contribution in [-0.4, -0.2) is 11.0 Å². The minimum atomic E-state index is -0.138. The average Bonchev–Trinajstić information content (AvgIpc) is 2.81. The molecule has 0 saturated heterocycles. The number of hydrogen-bond donors (Lipinski definition) is 0. The zero-order valence-corrected chi connectivity index (χ0v) is 11.5. The summed E-state index contributed by atoms with van der Waals surface area (Å²) in [5, 5.41) is 2.85. The van der Waals surface area contributed by atoms with Crippen molar-refractivity contribution in [3.05, 3.63) is 16.6 Å². The van der Waals surface area contributed by atoms with Gasteiger partial charge in [0.25, 0.3) is 0 Å². The van der Waals surface area contributed by atoms with Crippen molar-refractivity contribution in [1.82, 2.24) is 4.98 Å². The van der Waals surface area contributed by atoms with E-state index in [9.17, 15) is 4.79 Å². The van der Waals surface area contributed by atoms with Gasteiger partial charge in [-0.15, -0.1) is 11.3 Å². The first-order valence-corrected chi connectivity index (χ1v) is 7.24. The zero-order valence-electron chi connectivity index (χ0n) is 10.6. The molecule has 96 valence electrons. The van der Waals surface area contributed by atoms with Gasteiger partial charge in [-0.05, 0) is 19.3 Å². The molecule has 0 fully saturated rings. The fourth-order valence-corrected chi connectivity index (χ4v) is 2.33. The Kier molecular flexibility index (Phi) is 6.86. The summed E-state index contributed by atoms with van der Waals surface area (Å²) in [5.74, 6) is -0.107. The van der Waals surface area contributed by atoms with Gasteiger partial charge in [0.1, 0.15) is 5.01 Å². The Labute approximate surface area is 107 Å². The summed E-state index contributed by atoms with van der Waals surface area (Å²) in [4.78, 5) is 15.8. The summed E-state index contributed by atoms with van der Waals surface area (Å²) in [5.41, 5.74) is 0. The van der Waals surface area contributed by atoms with E-state index in [1.807, 2.05) is 12.3 Å². The molecule has 0 saturated carbocycles. The normalized spacial score (nSPS) is 12.4. The van der Waals surface area contributed by atoms with Crippen molar-refractivity contribution in [2.45, 2.75) is 58.5 Å². The molecule has 0 N–H and O–H groups in total. The van der Waals surface area contributed by atoms with Crippen LogP contribution in [0.5, 0.6) is 0 Å². The van der Waals surface area contributed by atoms with Crippen LogP contribution in [-0.2, 0) is 9.53 Å². The maximum Gasteiger partial charge on any atom is 0.306 e. The van der Waals surface area contributed by atoms with Crippen LogP contribution in [0.25, 0.3) is 0 Å². The van der Waals surface area contributed by atoms with E-state index in [2.05, 4.69) is 11.9 Å². The van der Waals surface area contributed by atoms with Crippen LogP contribution in [0.2, 0.25) is 0 Å². The van der Waals surface area contributed by atoms with Crippen molar-refractivity contribution in [3.8, 4) is 0 Å².